The van der Waals surface area contributed by atoms with E-state index in [1.54, 1.807) is 0 Å². The van der Waals surface area contributed by atoms with Crippen LogP contribution in [-0.4, -0.2) is 49.4 Å². The van der Waals surface area contributed by atoms with Gasteiger partial charge in [0.05, 0.1) is 0 Å². The van der Waals surface area contributed by atoms with Gasteiger partial charge in [0.2, 0.25) is 0 Å². The van der Waals surface area contributed by atoms with E-state index in [4.69, 9.17) is 13.9 Å². The minimum atomic E-state index is -1.36. The van der Waals surface area contributed by atoms with Gasteiger partial charge in [-0.05, 0) is 0 Å². The molecular formula is C18H53N3Si6Th. The van der Waals surface area contributed by atoms with Gasteiger partial charge in [0.15, 0.2) is 0 Å². The minimum Gasteiger partial charge on any atom is -0.689 e. The molecule has 0 aliphatic heterocycles. The maximum atomic E-state index is 4.82. The second kappa shape index (κ2) is 13.9. The second-order valence-corrected chi connectivity index (χ2v) is 41.0. The van der Waals surface area contributed by atoms with Crippen molar-refractivity contribution >= 4 is 49.4 Å². The molecule has 0 aromatic rings. The molecule has 0 aromatic carbocycles. The van der Waals surface area contributed by atoms with E-state index in [-0.39, 0.29) is 39.9 Å². The summed E-state index contributed by atoms with van der Waals surface area (Å²) in [5.41, 5.74) is 0. The predicted octanol–water partition coefficient (Wildman–Crippen LogP) is 8.83. The Morgan fingerprint density at radius 3 is 0.500 bits per heavy atom. The van der Waals surface area contributed by atoms with Crippen molar-refractivity contribution in [3.63, 3.8) is 0 Å². The zero-order chi connectivity index (χ0) is 23.1. The van der Waals surface area contributed by atoms with E-state index in [1.165, 1.54) is 0 Å². The predicted molar refractivity (Wildman–Crippen MR) is 150 cm³/mol. The molecule has 10 heteroatoms. The van der Waals surface area contributed by atoms with E-state index in [2.05, 4.69) is 118 Å². The molecule has 0 rings (SSSR count). The standard InChI is InChI=1S/2C6H18NSi2.C6H17NSi2.Th/c3*1-8(2,3)7-9(4,5)6;/h2*1-6H3;1H2,2-6H3;/q2*-1;-2;+4. The first-order chi connectivity index (χ1) is 11.1. The van der Waals surface area contributed by atoms with E-state index >= 15 is 0 Å². The van der Waals surface area contributed by atoms with Gasteiger partial charge in [-0.25, -0.2) is 8.24 Å². The summed E-state index contributed by atoms with van der Waals surface area (Å²) < 4.78 is 14.3. The summed E-state index contributed by atoms with van der Waals surface area (Å²) in [5.74, 6) is 0. The number of hydrogen-bond acceptors (Lipinski definition) is 0. The quantitative estimate of drug-likeness (QED) is 0.195. The van der Waals surface area contributed by atoms with Crippen molar-refractivity contribution in [2.75, 3.05) is 0 Å². The third-order valence-electron chi connectivity index (χ3n) is 1.98. The molecule has 0 unspecified atom stereocenters. The van der Waals surface area contributed by atoms with Crippen LogP contribution in [0.4, 0.5) is 0 Å². The third kappa shape index (κ3) is 51.3. The zero-order valence-electron chi connectivity index (χ0n) is 22.5. The molecule has 0 atom stereocenters. The monoisotopic (exact) mass is 711 g/mol. The molecule has 0 saturated carbocycles. The Hall–Kier alpha value is 2.51. The van der Waals surface area contributed by atoms with E-state index in [0.717, 1.165) is 0 Å². The van der Waals surface area contributed by atoms with Crippen LogP contribution in [0.3, 0.4) is 0 Å². The molecule has 0 saturated heterocycles. The molecule has 0 N–H and O–H groups in total. The van der Waals surface area contributed by atoms with Crippen LogP contribution in [0.2, 0.25) is 111 Å². The normalized spacial score (nSPS) is 13.5. The van der Waals surface area contributed by atoms with Crippen LogP contribution in [0.5, 0.6) is 0 Å². The van der Waals surface area contributed by atoms with Gasteiger partial charge in [-0.1, -0.05) is 139 Å². The van der Waals surface area contributed by atoms with Crippen molar-refractivity contribution in [1.29, 1.82) is 0 Å². The molecule has 0 heterocycles. The first kappa shape index (κ1) is 37.8. The summed E-state index contributed by atoms with van der Waals surface area (Å²) in [7, 11) is -6.95. The second-order valence-electron chi connectivity index (χ2n) is 13.0. The molecule has 0 spiro atoms. The van der Waals surface area contributed by atoms with Gasteiger partial charge in [0.25, 0.3) is 0 Å². The summed E-state index contributed by atoms with van der Waals surface area (Å²) in [4.78, 5) is 0. The maximum absolute atomic E-state index is 4.82. The van der Waals surface area contributed by atoms with Crippen molar-refractivity contribution < 1.29 is 39.9 Å². The van der Waals surface area contributed by atoms with Gasteiger partial charge in [-0.3, -0.25) is 0 Å². The van der Waals surface area contributed by atoms with Crippen molar-refractivity contribution in [1.82, 2.24) is 0 Å². The molecule has 0 fully saturated rings. The Morgan fingerprint density at radius 2 is 0.500 bits per heavy atom. The van der Waals surface area contributed by atoms with Crippen molar-refractivity contribution in [3.05, 3.63) is 20.5 Å². The largest absolute Gasteiger partial charge is 4.00 e. The smallest absolute Gasteiger partial charge is 0.689 e. The van der Waals surface area contributed by atoms with Crippen LogP contribution in [0.15, 0.2) is 0 Å². The Kier molecular flexibility index (Phi) is 18.8. The number of rotatable bonds is 6. The van der Waals surface area contributed by atoms with Crippen LogP contribution >= 0.6 is 0 Å². The van der Waals surface area contributed by atoms with Crippen molar-refractivity contribution in [3.8, 4) is 0 Å². The molecule has 0 bridgehead atoms. The van der Waals surface area contributed by atoms with Crippen LogP contribution in [-0.2, 0) is 0 Å². The van der Waals surface area contributed by atoms with Gasteiger partial charge >= 0.3 is 39.9 Å². The fourth-order valence-electron chi connectivity index (χ4n) is 2.92. The fraction of sp³-hybridized carbons (Fsp3) is 0.944. The Labute approximate surface area is 219 Å². The number of hydrogen-bond donors (Lipinski definition) is 0. The molecule has 3 nitrogen and oxygen atoms in total. The summed E-state index contributed by atoms with van der Waals surface area (Å²) >= 11 is 0. The van der Waals surface area contributed by atoms with Gasteiger partial charge in [-0.2, -0.15) is 0 Å². The summed E-state index contributed by atoms with van der Waals surface area (Å²) in [6.07, 6.45) is 0. The van der Waals surface area contributed by atoms with Crippen LogP contribution in [0.25, 0.3) is 13.9 Å². The average molecular weight is 712 g/mol. The first-order valence-electron chi connectivity index (χ1n) is 10.2. The zero-order valence-corrected chi connectivity index (χ0v) is 32.7. The van der Waals surface area contributed by atoms with Gasteiger partial charge < -0.3 is 20.5 Å². The molecule has 0 aliphatic carbocycles. The number of nitrogens with zero attached hydrogens (tertiary/aromatic N) is 3. The van der Waals surface area contributed by atoms with Crippen LogP contribution < -0.4 is 0 Å². The van der Waals surface area contributed by atoms with Crippen molar-refractivity contribution in [2.45, 2.75) is 111 Å². The summed E-state index contributed by atoms with van der Waals surface area (Å²) in [5, 5.41) is 0. The third-order valence-corrected chi connectivity index (χ3v) is 17.8. The summed E-state index contributed by atoms with van der Waals surface area (Å²) in [6, 6.07) is 0. The van der Waals surface area contributed by atoms with E-state index < -0.39 is 49.4 Å². The van der Waals surface area contributed by atoms with Gasteiger partial charge in [0.1, 0.15) is 0 Å². The SMILES string of the molecule is C[Si](C)(C)[N-][Si](C)(C)C.C[Si](C)(C)[N-][Si](C)(C)C.[CH2-][Si](C)(C)[N-][Si](C)(C)C.[Th+4]. The van der Waals surface area contributed by atoms with E-state index in [9.17, 15) is 0 Å². The topological polar surface area (TPSA) is 42.3 Å². The van der Waals surface area contributed by atoms with Crippen LogP contribution in [0, 0.1) is 46.5 Å². The van der Waals surface area contributed by atoms with Gasteiger partial charge in [0, 0.05) is 0 Å². The Morgan fingerprint density at radius 1 is 0.357 bits per heavy atom. The fourth-order valence-corrected chi connectivity index (χ4v) is 26.3. The van der Waals surface area contributed by atoms with Crippen LogP contribution in [0.1, 0.15) is 0 Å². The Bertz CT molecular complexity index is 297. The molecule has 0 aliphatic rings. The maximum Gasteiger partial charge on any atom is 4.00 e. The minimum absolute atomic E-state index is 0. The van der Waals surface area contributed by atoms with Crippen molar-refractivity contribution in [2.24, 2.45) is 0 Å². The Balaban J connectivity index is -0.000000152. The molecule has 28 heavy (non-hydrogen) atoms. The molecular weight excluding hydrogens is 659 g/mol. The average Bonchev–Trinajstić information content (AvgIpc) is 1.96. The molecule has 0 amide bonds. The van der Waals surface area contributed by atoms with Gasteiger partial charge in [-0.15, -0.1) is 13.1 Å². The molecule has 0 radical (unpaired) electrons. The first-order valence-corrected chi connectivity index (χ1v) is 30.6. The summed E-state index contributed by atoms with van der Waals surface area (Å²) in [6.45, 7) is 42.8. The molecule has 168 valence electrons. The molecule has 0 aromatic heterocycles. The van der Waals surface area contributed by atoms with E-state index in [0.29, 0.717) is 0 Å². The van der Waals surface area contributed by atoms with E-state index in [1.807, 2.05) is 0 Å².